The van der Waals surface area contributed by atoms with Crippen LogP contribution in [-0.4, -0.2) is 21.7 Å². The van der Waals surface area contributed by atoms with E-state index in [0.29, 0.717) is 30.8 Å². The normalized spacial score (nSPS) is 16.3. The van der Waals surface area contributed by atoms with Gasteiger partial charge >= 0.3 is 0 Å². The number of aromatic nitrogens is 3. The van der Waals surface area contributed by atoms with Crippen molar-refractivity contribution in [2.24, 2.45) is 11.7 Å². The number of hydrogen-bond acceptors (Lipinski definition) is 6. The van der Waals surface area contributed by atoms with Gasteiger partial charge in [-0.2, -0.15) is 4.98 Å². The maximum atomic E-state index is 5.73. The van der Waals surface area contributed by atoms with Crippen molar-refractivity contribution in [1.82, 2.24) is 15.1 Å². The van der Waals surface area contributed by atoms with Gasteiger partial charge in [0.15, 0.2) is 0 Å². The third-order valence-electron chi connectivity index (χ3n) is 3.37. The molecule has 1 saturated carbocycles. The van der Waals surface area contributed by atoms with Crippen molar-refractivity contribution >= 4 is 0 Å². The molecule has 0 radical (unpaired) electrons. The topological polar surface area (TPSA) is 87.1 Å². The van der Waals surface area contributed by atoms with Crippen LogP contribution in [-0.2, 0) is 11.3 Å². The van der Waals surface area contributed by atoms with Gasteiger partial charge in [0.25, 0.3) is 5.89 Å². The van der Waals surface area contributed by atoms with Crippen LogP contribution in [0.2, 0.25) is 0 Å². The van der Waals surface area contributed by atoms with Crippen LogP contribution in [0.5, 0.6) is 0 Å². The fourth-order valence-electron chi connectivity index (χ4n) is 2.19. The third kappa shape index (κ3) is 2.71. The number of rotatable bonds is 6. The first-order valence-corrected chi connectivity index (χ1v) is 6.92. The second kappa shape index (κ2) is 5.68. The van der Waals surface area contributed by atoms with Gasteiger partial charge in [-0.3, -0.25) is 4.98 Å². The van der Waals surface area contributed by atoms with Crippen LogP contribution in [0.4, 0.5) is 0 Å². The molecule has 1 aliphatic carbocycles. The maximum absolute atomic E-state index is 5.73. The minimum absolute atomic E-state index is 0.0479. The minimum Gasteiger partial charge on any atom is -0.370 e. The van der Waals surface area contributed by atoms with Crippen molar-refractivity contribution in [2.75, 3.05) is 6.61 Å². The lowest BCUT2D eigenvalue weighted by Crippen LogP contribution is -2.08. The average molecular weight is 274 g/mol. The van der Waals surface area contributed by atoms with Gasteiger partial charge in [0, 0.05) is 24.9 Å². The number of ether oxygens (including phenoxy) is 1. The van der Waals surface area contributed by atoms with Gasteiger partial charge in [-0.05, 0) is 37.8 Å². The highest BCUT2D eigenvalue weighted by Crippen LogP contribution is 2.42. The van der Waals surface area contributed by atoms with Crippen molar-refractivity contribution in [3.8, 4) is 11.5 Å². The van der Waals surface area contributed by atoms with Gasteiger partial charge in [-0.15, -0.1) is 0 Å². The molecule has 2 N–H and O–H groups in total. The zero-order valence-electron chi connectivity index (χ0n) is 11.5. The zero-order valence-corrected chi connectivity index (χ0v) is 11.5. The van der Waals surface area contributed by atoms with E-state index in [1.807, 2.05) is 19.1 Å². The monoisotopic (exact) mass is 274 g/mol. The Morgan fingerprint density at radius 3 is 3.05 bits per heavy atom. The van der Waals surface area contributed by atoms with Crippen LogP contribution in [0.1, 0.15) is 37.4 Å². The highest BCUT2D eigenvalue weighted by atomic mass is 16.5. The first-order valence-electron chi connectivity index (χ1n) is 6.92. The highest BCUT2D eigenvalue weighted by Gasteiger charge is 2.36. The molecule has 1 unspecified atom stereocenters. The van der Waals surface area contributed by atoms with E-state index in [9.17, 15) is 0 Å². The first kappa shape index (κ1) is 13.2. The Morgan fingerprint density at radius 2 is 2.35 bits per heavy atom. The SMILES string of the molecule is CCOC(c1noc(-c2ccnc(CN)c2)n1)C1CC1. The molecular formula is C14H18N4O2. The summed E-state index contributed by atoms with van der Waals surface area (Å²) in [5.74, 6) is 1.65. The van der Waals surface area contributed by atoms with Gasteiger partial charge in [0.1, 0.15) is 6.10 Å². The van der Waals surface area contributed by atoms with Gasteiger partial charge in [-0.25, -0.2) is 0 Å². The molecule has 0 amide bonds. The summed E-state index contributed by atoms with van der Waals surface area (Å²) in [7, 11) is 0. The zero-order chi connectivity index (χ0) is 13.9. The molecule has 0 aromatic carbocycles. The van der Waals surface area contributed by atoms with E-state index in [1.54, 1.807) is 6.20 Å². The number of nitrogens with zero attached hydrogens (tertiary/aromatic N) is 3. The predicted molar refractivity (Wildman–Crippen MR) is 72.5 cm³/mol. The van der Waals surface area contributed by atoms with Crippen LogP contribution < -0.4 is 5.73 Å². The standard InChI is InChI=1S/C14H18N4O2/c1-2-19-12(9-3-4-9)13-17-14(20-18-13)10-5-6-16-11(7-10)8-15/h5-7,9,12H,2-4,8,15H2,1H3. The van der Waals surface area contributed by atoms with Crippen LogP contribution in [0.3, 0.4) is 0 Å². The molecule has 2 aromatic heterocycles. The second-order valence-electron chi connectivity index (χ2n) is 4.91. The van der Waals surface area contributed by atoms with E-state index < -0.39 is 0 Å². The molecule has 20 heavy (non-hydrogen) atoms. The van der Waals surface area contributed by atoms with Crippen molar-refractivity contribution in [3.63, 3.8) is 0 Å². The summed E-state index contributed by atoms with van der Waals surface area (Å²) in [5.41, 5.74) is 7.22. The smallest absolute Gasteiger partial charge is 0.258 e. The highest BCUT2D eigenvalue weighted by molar-refractivity contribution is 5.52. The van der Waals surface area contributed by atoms with Crippen molar-refractivity contribution in [1.29, 1.82) is 0 Å². The number of hydrogen-bond donors (Lipinski definition) is 1. The number of pyridine rings is 1. The van der Waals surface area contributed by atoms with Gasteiger partial charge < -0.3 is 15.0 Å². The molecule has 0 saturated heterocycles. The minimum atomic E-state index is -0.0479. The quantitative estimate of drug-likeness (QED) is 0.867. The van der Waals surface area contributed by atoms with E-state index in [4.69, 9.17) is 15.0 Å². The van der Waals surface area contributed by atoms with Crippen molar-refractivity contribution < 1.29 is 9.26 Å². The molecule has 6 nitrogen and oxygen atoms in total. The second-order valence-corrected chi connectivity index (χ2v) is 4.91. The molecule has 6 heteroatoms. The van der Waals surface area contributed by atoms with Gasteiger partial charge in [0.05, 0.1) is 5.69 Å². The summed E-state index contributed by atoms with van der Waals surface area (Å²) < 4.78 is 11.1. The lowest BCUT2D eigenvalue weighted by Gasteiger charge is -2.10. The Kier molecular flexibility index (Phi) is 3.75. The molecule has 0 aliphatic heterocycles. The predicted octanol–water partition coefficient (Wildman–Crippen LogP) is 2.08. The lowest BCUT2D eigenvalue weighted by molar-refractivity contribution is 0.0385. The third-order valence-corrected chi connectivity index (χ3v) is 3.37. The Balaban J connectivity index is 1.84. The molecule has 0 bridgehead atoms. The van der Waals surface area contributed by atoms with Crippen LogP contribution in [0, 0.1) is 5.92 Å². The summed E-state index contributed by atoms with van der Waals surface area (Å²) >= 11 is 0. The molecule has 1 atom stereocenters. The van der Waals surface area contributed by atoms with E-state index in [2.05, 4.69) is 15.1 Å². The Hall–Kier alpha value is -1.79. The summed E-state index contributed by atoms with van der Waals surface area (Å²) in [6.07, 6.45) is 3.98. The summed E-state index contributed by atoms with van der Waals surface area (Å²) in [6.45, 7) is 3.02. The Bertz CT molecular complexity index is 580. The number of nitrogens with two attached hydrogens (primary N) is 1. The molecule has 1 fully saturated rings. The molecule has 2 heterocycles. The van der Waals surface area contributed by atoms with Crippen LogP contribution in [0.15, 0.2) is 22.9 Å². The molecule has 3 rings (SSSR count). The first-order chi connectivity index (χ1) is 9.81. The fourth-order valence-corrected chi connectivity index (χ4v) is 2.19. The van der Waals surface area contributed by atoms with Crippen LogP contribution in [0.25, 0.3) is 11.5 Å². The maximum Gasteiger partial charge on any atom is 0.258 e. The largest absolute Gasteiger partial charge is 0.370 e. The Morgan fingerprint density at radius 1 is 1.50 bits per heavy atom. The van der Waals surface area contributed by atoms with Crippen LogP contribution >= 0.6 is 0 Å². The van der Waals surface area contributed by atoms with Crippen molar-refractivity contribution in [2.45, 2.75) is 32.4 Å². The summed E-state index contributed by atoms with van der Waals surface area (Å²) in [6, 6.07) is 3.70. The van der Waals surface area contributed by atoms with E-state index in [1.165, 1.54) is 12.8 Å². The summed E-state index contributed by atoms with van der Waals surface area (Å²) in [4.78, 5) is 8.62. The lowest BCUT2D eigenvalue weighted by atomic mass is 10.2. The Labute approximate surface area is 117 Å². The van der Waals surface area contributed by atoms with E-state index >= 15 is 0 Å². The molecule has 0 spiro atoms. The van der Waals surface area contributed by atoms with E-state index in [-0.39, 0.29) is 6.10 Å². The fraction of sp³-hybridized carbons (Fsp3) is 0.500. The molecule has 106 valence electrons. The molecule has 1 aliphatic rings. The van der Waals surface area contributed by atoms with Crippen molar-refractivity contribution in [3.05, 3.63) is 29.8 Å². The van der Waals surface area contributed by atoms with Gasteiger partial charge in [0.2, 0.25) is 5.82 Å². The molecule has 2 aromatic rings. The van der Waals surface area contributed by atoms with E-state index in [0.717, 1.165) is 11.3 Å². The van der Waals surface area contributed by atoms with Gasteiger partial charge in [-0.1, -0.05) is 5.16 Å². The summed E-state index contributed by atoms with van der Waals surface area (Å²) in [5, 5.41) is 4.07. The average Bonchev–Trinajstić information content (AvgIpc) is 3.21. The molecular weight excluding hydrogens is 256 g/mol.